The Balaban J connectivity index is 0.00000484. The number of hydrogen-bond acceptors (Lipinski definition) is 0. The second-order valence-electron chi connectivity index (χ2n) is 14.6. The summed E-state index contributed by atoms with van der Waals surface area (Å²) < 4.78 is 0. The van der Waals surface area contributed by atoms with E-state index in [1.807, 2.05) is 0 Å². The van der Waals surface area contributed by atoms with Crippen molar-refractivity contribution in [2.75, 3.05) is 0 Å². The van der Waals surface area contributed by atoms with Crippen molar-refractivity contribution in [3.63, 3.8) is 0 Å². The van der Waals surface area contributed by atoms with Crippen molar-refractivity contribution in [1.29, 1.82) is 0 Å². The fourth-order valence-electron chi connectivity index (χ4n) is 9.13. The first-order valence-corrected chi connectivity index (χ1v) is 34.0. The Kier molecular flexibility index (Phi) is 13.2. The molecule has 0 nitrogen and oxygen atoms in total. The molecule has 0 aromatic heterocycles. The number of benzene rings is 9. The van der Waals surface area contributed by atoms with Gasteiger partial charge < -0.3 is 0 Å². The van der Waals surface area contributed by atoms with Gasteiger partial charge in [-0.3, -0.25) is 0 Å². The van der Waals surface area contributed by atoms with Crippen LogP contribution in [0.15, 0.2) is 273 Å². The maximum absolute atomic E-state index is 3.14. The molecule has 0 aliphatic carbocycles. The molecule has 0 amide bonds. The number of rotatable bonds is 12. The molecule has 0 atom stereocenters. The van der Waals surface area contributed by atoms with E-state index in [1.54, 1.807) is 0 Å². The fraction of sp³-hybridized carbons (Fsp3) is 0. The van der Waals surface area contributed by atoms with E-state index >= 15 is 0 Å². The van der Waals surface area contributed by atoms with E-state index in [1.165, 1.54) is 47.7 Å². The minimum absolute atomic E-state index is 0. The second-order valence-corrected chi connectivity index (χ2v) is 51.1. The van der Waals surface area contributed by atoms with Gasteiger partial charge in [-0.25, -0.2) is 0 Å². The normalized spacial score (nSPS) is 13.3. The molecule has 0 aliphatic heterocycles. The summed E-state index contributed by atoms with van der Waals surface area (Å²) in [5.74, 6) is 0. The Morgan fingerprint density at radius 2 is 0.271 bits per heavy atom. The van der Waals surface area contributed by atoms with Crippen LogP contribution in [0.2, 0.25) is 0 Å². The van der Waals surface area contributed by atoms with E-state index in [9.17, 15) is 0 Å². The zero-order valence-electron chi connectivity index (χ0n) is 32.4. The average molecular weight is 900 g/mol. The topological polar surface area (TPSA) is 0 Å². The molecule has 0 aliphatic rings. The second kappa shape index (κ2) is 18.8. The molecule has 0 unspecified atom stereocenters. The fourth-order valence-corrected chi connectivity index (χ4v) is 111. The molecule has 0 bridgehead atoms. The van der Waals surface area contributed by atoms with Gasteiger partial charge in [0.25, 0.3) is 0 Å². The van der Waals surface area contributed by atoms with Crippen molar-refractivity contribution in [3.8, 4) is 0 Å². The predicted molar refractivity (Wildman–Crippen MR) is 268 cm³/mol. The van der Waals surface area contributed by atoms with Crippen LogP contribution in [-0.4, -0.2) is 18.9 Å². The molecule has 9 aromatic carbocycles. The number of hydrogen-bond donors (Lipinski definition) is 0. The first-order chi connectivity index (χ1) is 28.8. The summed E-state index contributed by atoms with van der Waals surface area (Å²) in [6.45, 7) is 0. The quantitative estimate of drug-likeness (QED) is 0.0852. The van der Waals surface area contributed by atoms with Gasteiger partial charge in [-0.15, -0.1) is 0 Å². The van der Waals surface area contributed by atoms with Crippen LogP contribution in [0.5, 0.6) is 0 Å². The summed E-state index contributed by atoms with van der Waals surface area (Å²) in [4.78, 5) is 0. The van der Waals surface area contributed by atoms with Crippen LogP contribution in [0, 0.1) is 0 Å². The van der Waals surface area contributed by atoms with Gasteiger partial charge in [0.15, 0.2) is 0 Å². The molecule has 290 valence electrons. The van der Waals surface area contributed by atoms with Crippen LogP contribution in [-0.2, 0) is 14.5 Å². The van der Waals surface area contributed by atoms with E-state index in [-0.39, 0.29) is 18.9 Å². The van der Waals surface area contributed by atoms with Crippen molar-refractivity contribution in [2.24, 2.45) is 0 Å². The van der Waals surface area contributed by atoms with Crippen LogP contribution < -0.4 is 47.7 Å². The van der Waals surface area contributed by atoms with Crippen molar-refractivity contribution in [2.45, 2.75) is 0 Å². The monoisotopic (exact) mass is 900 g/mol. The Bertz CT molecular complexity index is 2050. The van der Waals surface area contributed by atoms with Crippen molar-refractivity contribution < 1.29 is 14.5 Å². The zero-order chi connectivity index (χ0) is 39.1. The predicted octanol–water partition coefficient (Wildman–Crippen LogP) is 8.61. The van der Waals surface area contributed by atoms with E-state index in [0.29, 0.717) is 0 Å². The van der Waals surface area contributed by atoms with Crippen LogP contribution in [0.4, 0.5) is 0 Å². The van der Waals surface area contributed by atoms with Crippen LogP contribution in [0.25, 0.3) is 0 Å². The van der Waals surface area contributed by atoms with E-state index < -0.39 is 31.3 Å². The molecular formula is C54H50LiP3Ru. The summed E-state index contributed by atoms with van der Waals surface area (Å²) in [5.41, 5.74) is -9.42. The van der Waals surface area contributed by atoms with Crippen LogP contribution >= 0.6 is 16.8 Å². The van der Waals surface area contributed by atoms with Gasteiger partial charge in [0.1, 0.15) is 0 Å². The zero-order valence-corrected chi connectivity index (χ0v) is 37.2. The van der Waals surface area contributed by atoms with Crippen molar-refractivity contribution in [1.82, 2.24) is 0 Å². The minimum atomic E-state index is -3.14. The first-order valence-electron chi connectivity index (χ1n) is 20.0. The van der Waals surface area contributed by atoms with Crippen LogP contribution in [0.1, 0.15) is 0 Å². The van der Waals surface area contributed by atoms with Gasteiger partial charge in [-0.1, -0.05) is 0 Å². The third-order valence-electron chi connectivity index (χ3n) is 11.4. The average Bonchev–Trinajstić information content (AvgIpc) is 3.33. The summed E-state index contributed by atoms with van der Waals surface area (Å²) >= 11 is -2.95. The van der Waals surface area contributed by atoms with E-state index in [2.05, 4.69) is 273 Å². The van der Waals surface area contributed by atoms with Gasteiger partial charge >= 0.3 is 371 Å². The first kappa shape index (κ1) is 41.2. The molecule has 0 saturated heterocycles. The van der Waals surface area contributed by atoms with Crippen LogP contribution in [0.3, 0.4) is 0 Å². The van der Waals surface area contributed by atoms with Crippen molar-refractivity contribution >= 4 is 83.4 Å². The summed E-state index contributed by atoms with van der Waals surface area (Å²) in [5, 5.41) is 13.5. The summed E-state index contributed by atoms with van der Waals surface area (Å²) in [6.07, 6.45) is 0. The Morgan fingerprint density at radius 1 is 0.169 bits per heavy atom. The van der Waals surface area contributed by atoms with Gasteiger partial charge in [0.05, 0.1) is 0 Å². The molecule has 59 heavy (non-hydrogen) atoms. The Labute approximate surface area is 368 Å². The van der Waals surface area contributed by atoms with Gasteiger partial charge in [-0.05, 0) is 0 Å². The third kappa shape index (κ3) is 7.29. The van der Waals surface area contributed by atoms with Gasteiger partial charge in [-0.2, -0.15) is 0 Å². The third-order valence-corrected chi connectivity index (χ3v) is 80.5. The molecular weight excluding hydrogens is 850 g/mol. The molecule has 0 fully saturated rings. The summed E-state index contributed by atoms with van der Waals surface area (Å²) in [6, 6.07) is 107. The molecule has 0 saturated carbocycles. The molecule has 5 heteroatoms. The van der Waals surface area contributed by atoms with Gasteiger partial charge in [0, 0.05) is 0 Å². The molecule has 9 aromatic rings. The molecule has 0 heterocycles. The molecule has 0 spiro atoms. The standard InChI is InChI=1S/3C18H15P.Li.Ru.2H/c3*1-4-10-16(11-5-1)19(17-12-6-2-7-13-17)18-14-8-3-9-15-18;;;;/h3*1-15H;;;;/q;;;;-3;;/p+3. The van der Waals surface area contributed by atoms with E-state index in [0.717, 1.165) is 0 Å². The molecule has 9 rings (SSSR count). The van der Waals surface area contributed by atoms with Gasteiger partial charge in [0.2, 0.25) is 0 Å². The molecule has 0 N–H and O–H groups in total. The summed E-state index contributed by atoms with van der Waals surface area (Å²) in [7, 11) is 0. The Hall–Kier alpha value is -4.51. The SMILES string of the molecule is [LiH].c1ccc([PH](c2ccccc2)(c2ccccc2)[RuH]([PH](c2ccccc2)(c2ccccc2)c2ccccc2)[PH](c2ccccc2)(c2ccccc2)c2ccccc2)cc1. The van der Waals surface area contributed by atoms with Crippen molar-refractivity contribution in [3.05, 3.63) is 273 Å². The van der Waals surface area contributed by atoms with E-state index in [4.69, 9.17) is 0 Å². The Morgan fingerprint density at radius 3 is 0.373 bits per heavy atom. The molecule has 0 radical (unpaired) electrons. The maximum atomic E-state index is 2.51.